The number of para-hydroxylation sites is 1. The van der Waals surface area contributed by atoms with Gasteiger partial charge in [-0.2, -0.15) is 0 Å². The van der Waals surface area contributed by atoms with Crippen molar-refractivity contribution >= 4 is 50.2 Å². The lowest BCUT2D eigenvalue weighted by Gasteiger charge is -2.31. The van der Waals surface area contributed by atoms with E-state index in [-0.39, 0.29) is 11.6 Å². The summed E-state index contributed by atoms with van der Waals surface area (Å²) in [7, 11) is 0. The minimum atomic E-state index is -0.440. The second-order valence-corrected chi connectivity index (χ2v) is 9.11. The molecule has 0 bridgehead atoms. The van der Waals surface area contributed by atoms with Gasteiger partial charge in [0.2, 0.25) is 0 Å². The second kappa shape index (κ2) is 10.4. The zero-order chi connectivity index (χ0) is 24.2. The highest BCUT2D eigenvalue weighted by atomic mass is 79.9. The maximum Gasteiger partial charge on any atom is 0.322 e. The van der Waals surface area contributed by atoms with Gasteiger partial charge in [0.25, 0.3) is 5.56 Å². The molecule has 6 nitrogen and oxygen atoms in total. The van der Waals surface area contributed by atoms with Crippen molar-refractivity contribution in [3.8, 4) is 5.69 Å². The highest BCUT2D eigenvalue weighted by molar-refractivity contribution is 9.10. The van der Waals surface area contributed by atoms with Crippen LogP contribution < -0.4 is 10.9 Å². The Morgan fingerprint density at radius 2 is 1.82 bits per heavy atom. The number of anilines is 1. The first-order valence-electron chi connectivity index (χ1n) is 11.0. The van der Waals surface area contributed by atoms with Gasteiger partial charge in [-0.25, -0.2) is 9.78 Å². The third-order valence-electron chi connectivity index (χ3n) is 5.62. The number of halogens is 2. The van der Waals surface area contributed by atoms with Crippen molar-refractivity contribution in [3.63, 3.8) is 0 Å². The SMILES string of the molecule is CCC(c1nc2ccccc2c(=O)n1-c1ccc(Br)cc1)N(CC)C(=O)Nc1cccc(Cl)c1. The maximum atomic E-state index is 13.6. The van der Waals surface area contributed by atoms with Gasteiger partial charge < -0.3 is 10.2 Å². The van der Waals surface area contributed by atoms with Crippen LogP contribution in [0.15, 0.2) is 82.1 Å². The van der Waals surface area contributed by atoms with Gasteiger partial charge in [0.1, 0.15) is 5.82 Å². The Morgan fingerprint density at radius 1 is 1.09 bits per heavy atom. The number of carbonyl (C=O) groups is 1. The zero-order valence-electron chi connectivity index (χ0n) is 18.8. The molecule has 4 aromatic rings. The molecule has 4 rings (SSSR count). The van der Waals surface area contributed by atoms with Crippen LogP contribution in [0.5, 0.6) is 0 Å². The molecule has 0 spiro atoms. The number of urea groups is 1. The van der Waals surface area contributed by atoms with E-state index in [2.05, 4.69) is 21.2 Å². The van der Waals surface area contributed by atoms with Crippen LogP contribution in [-0.2, 0) is 0 Å². The van der Waals surface area contributed by atoms with E-state index < -0.39 is 6.04 Å². The molecule has 2 amide bonds. The van der Waals surface area contributed by atoms with E-state index >= 15 is 0 Å². The first kappa shape index (κ1) is 24.0. The highest BCUT2D eigenvalue weighted by Crippen LogP contribution is 2.27. The number of hydrogen-bond donors (Lipinski definition) is 1. The second-order valence-electron chi connectivity index (χ2n) is 7.75. The number of nitrogens with one attached hydrogen (secondary N) is 1. The summed E-state index contributed by atoms with van der Waals surface area (Å²) < 4.78 is 2.51. The van der Waals surface area contributed by atoms with Crippen molar-refractivity contribution in [2.75, 3.05) is 11.9 Å². The molecule has 0 radical (unpaired) electrons. The molecule has 1 aromatic heterocycles. The van der Waals surface area contributed by atoms with Crippen molar-refractivity contribution in [1.29, 1.82) is 0 Å². The summed E-state index contributed by atoms with van der Waals surface area (Å²) in [6.45, 7) is 4.31. The van der Waals surface area contributed by atoms with Crippen LogP contribution in [0.2, 0.25) is 5.02 Å². The van der Waals surface area contributed by atoms with Crippen LogP contribution in [-0.4, -0.2) is 27.0 Å². The fraction of sp³-hybridized carbons (Fsp3) is 0.192. The lowest BCUT2D eigenvalue weighted by Crippen LogP contribution is -2.40. The summed E-state index contributed by atoms with van der Waals surface area (Å²) in [6.07, 6.45) is 0.568. The summed E-state index contributed by atoms with van der Waals surface area (Å²) in [5.74, 6) is 0.511. The van der Waals surface area contributed by atoms with E-state index in [4.69, 9.17) is 16.6 Å². The number of fused-ring (bicyclic) bond motifs is 1. The first-order chi connectivity index (χ1) is 16.4. The molecule has 3 aromatic carbocycles. The number of nitrogens with zero attached hydrogens (tertiary/aromatic N) is 3. The number of hydrogen-bond acceptors (Lipinski definition) is 3. The molecular weight excluding hydrogens is 516 g/mol. The summed E-state index contributed by atoms with van der Waals surface area (Å²) in [6, 6.07) is 21.0. The third kappa shape index (κ3) is 4.86. The molecule has 0 fully saturated rings. The Labute approximate surface area is 211 Å². The normalized spacial score (nSPS) is 11.9. The van der Waals surface area contributed by atoms with Crippen LogP contribution in [0.4, 0.5) is 10.5 Å². The van der Waals surface area contributed by atoms with Crippen molar-refractivity contribution in [2.24, 2.45) is 0 Å². The highest BCUT2D eigenvalue weighted by Gasteiger charge is 2.28. The third-order valence-corrected chi connectivity index (χ3v) is 6.39. The van der Waals surface area contributed by atoms with Gasteiger partial charge in [0, 0.05) is 21.7 Å². The minimum absolute atomic E-state index is 0.173. The van der Waals surface area contributed by atoms with Gasteiger partial charge in [-0.3, -0.25) is 9.36 Å². The number of amides is 2. The smallest absolute Gasteiger partial charge is 0.315 e. The Bertz CT molecular complexity index is 1390. The quantitative estimate of drug-likeness (QED) is 0.293. The van der Waals surface area contributed by atoms with E-state index in [0.29, 0.717) is 46.1 Å². The fourth-order valence-corrected chi connectivity index (χ4v) is 4.48. The maximum absolute atomic E-state index is 13.6. The predicted octanol–water partition coefficient (Wildman–Crippen LogP) is 6.81. The number of carbonyl (C=O) groups excluding carboxylic acids is 1. The van der Waals surface area contributed by atoms with E-state index in [1.165, 1.54) is 0 Å². The molecule has 0 saturated carbocycles. The minimum Gasteiger partial charge on any atom is -0.315 e. The molecule has 8 heteroatoms. The standard InChI is InChI=1S/C26H24BrClN4O2/c1-3-23(31(4-2)26(34)29-19-9-7-8-18(28)16-19)24-30-22-11-6-5-10-21(22)25(33)32(24)20-14-12-17(27)13-15-20/h5-16,23H,3-4H2,1-2H3,(H,29,34). The molecule has 0 aliphatic heterocycles. The van der Waals surface area contributed by atoms with E-state index in [1.54, 1.807) is 39.8 Å². The molecule has 1 atom stereocenters. The predicted molar refractivity (Wildman–Crippen MR) is 141 cm³/mol. The summed E-state index contributed by atoms with van der Waals surface area (Å²) in [5.41, 5.74) is 1.71. The largest absolute Gasteiger partial charge is 0.322 e. The van der Waals surface area contributed by atoms with Gasteiger partial charge in [0.15, 0.2) is 0 Å². The van der Waals surface area contributed by atoms with Crippen LogP contribution in [0.3, 0.4) is 0 Å². The van der Waals surface area contributed by atoms with Crippen LogP contribution in [0.25, 0.3) is 16.6 Å². The van der Waals surface area contributed by atoms with Crippen LogP contribution in [0.1, 0.15) is 32.1 Å². The molecule has 0 aliphatic rings. The molecule has 0 saturated heterocycles. The van der Waals surface area contributed by atoms with E-state index in [0.717, 1.165) is 4.47 Å². The van der Waals surface area contributed by atoms with Crippen molar-refractivity contribution < 1.29 is 4.79 Å². The molecule has 1 N–H and O–H groups in total. The lowest BCUT2D eigenvalue weighted by atomic mass is 10.1. The van der Waals surface area contributed by atoms with Gasteiger partial charge >= 0.3 is 6.03 Å². The van der Waals surface area contributed by atoms with Crippen molar-refractivity contribution in [2.45, 2.75) is 26.3 Å². The fourth-order valence-electron chi connectivity index (χ4n) is 4.02. The van der Waals surface area contributed by atoms with Gasteiger partial charge in [-0.1, -0.05) is 52.7 Å². The first-order valence-corrected chi connectivity index (χ1v) is 12.2. The molecule has 1 heterocycles. The average molecular weight is 540 g/mol. The number of rotatable bonds is 6. The molecule has 1 unspecified atom stereocenters. The van der Waals surface area contributed by atoms with Gasteiger partial charge in [-0.05, 0) is 67.9 Å². The van der Waals surface area contributed by atoms with Gasteiger partial charge in [-0.15, -0.1) is 0 Å². The van der Waals surface area contributed by atoms with Gasteiger partial charge in [0.05, 0.1) is 22.6 Å². The molecule has 0 aliphatic carbocycles. The summed E-state index contributed by atoms with van der Waals surface area (Å²) in [5, 5.41) is 3.98. The van der Waals surface area contributed by atoms with Crippen LogP contribution >= 0.6 is 27.5 Å². The van der Waals surface area contributed by atoms with Crippen molar-refractivity contribution in [3.05, 3.63) is 98.5 Å². The van der Waals surface area contributed by atoms with E-state index in [1.807, 2.05) is 56.3 Å². The average Bonchev–Trinajstić information content (AvgIpc) is 2.83. The Balaban J connectivity index is 1.85. The van der Waals surface area contributed by atoms with E-state index in [9.17, 15) is 9.59 Å². The molecule has 174 valence electrons. The summed E-state index contributed by atoms with van der Waals surface area (Å²) in [4.78, 5) is 33.5. The Kier molecular flexibility index (Phi) is 7.34. The number of aromatic nitrogens is 2. The Hall–Kier alpha value is -3.16. The topological polar surface area (TPSA) is 67.2 Å². The van der Waals surface area contributed by atoms with Crippen LogP contribution in [0, 0.1) is 0 Å². The molecular formula is C26H24BrClN4O2. The Morgan fingerprint density at radius 3 is 2.50 bits per heavy atom. The lowest BCUT2D eigenvalue weighted by molar-refractivity contribution is 0.185. The van der Waals surface area contributed by atoms with Crippen molar-refractivity contribution in [1.82, 2.24) is 14.5 Å². The summed E-state index contributed by atoms with van der Waals surface area (Å²) >= 11 is 9.54. The molecule has 34 heavy (non-hydrogen) atoms. The zero-order valence-corrected chi connectivity index (χ0v) is 21.2. The number of benzene rings is 3. The monoisotopic (exact) mass is 538 g/mol.